The highest BCUT2D eigenvalue weighted by Gasteiger charge is 2.17. The van der Waals surface area contributed by atoms with Crippen LogP contribution in [0.3, 0.4) is 0 Å². The van der Waals surface area contributed by atoms with Crippen LogP contribution in [0.25, 0.3) is 0 Å². The van der Waals surface area contributed by atoms with Crippen LogP contribution in [0.1, 0.15) is 45.7 Å². The number of nitrogens with two attached hydrogens (primary N) is 1. The second-order valence-electron chi connectivity index (χ2n) is 5.99. The van der Waals surface area contributed by atoms with Gasteiger partial charge in [-0.2, -0.15) is 0 Å². The minimum absolute atomic E-state index is 0.133. The average molecular weight is 234 g/mol. The molecule has 1 atom stereocenters. The topological polar surface area (TPSA) is 29.3 Å². The van der Waals surface area contributed by atoms with Crippen molar-refractivity contribution in [2.45, 2.75) is 40.2 Å². The highest BCUT2D eigenvalue weighted by molar-refractivity contribution is 5.54. The minimum Gasteiger partial charge on any atom is -0.374 e. The van der Waals surface area contributed by atoms with E-state index in [2.05, 4.69) is 63.9 Å². The molecule has 0 saturated heterocycles. The van der Waals surface area contributed by atoms with Crippen molar-refractivity contribution in [2.75, 3.05) is 18.5 Å². The Morgan fingerprint density at radius 3 is 2.35 bits per heavy atom. The SMILES string of the molecule is CCC(N)c1ccccc1N(C)CC(C)(C)C. The maximum atomic E-state index is 6.17. The zero-order valence-corrected chi connectivity index (χ0v) is 11.8. The van der Waals surface area contributed by atoms with E-state index in [1.807, 2.05) is 0 Å². The first-order valence-electron chi connectivity index (χ1n) is 6.41. The molecule has 0 aliphatic rings. The van der Waals surface area contributed by atoms with Gasteiger partial charge in [0.2, 0.25) is 0 Å². The summed E-state index contributed by atoms with van der Waals surface area (Å²) in [6.45, 7) is 9.93. The minimum atomic E-state index is 0.133. The average Bonchev–Trinajstić information content (AvgIpc) is 2.25. The van der Waals surface area contributed by atoms with Gasteiger partial charge in [0.15, 0.2) is 0 Å². The third-order valence-electron chi connectivity index (χ3n) is 2.90. The highest BCUT2D eigenvalue weighted by Crippen LogP contribution is 2.28. The van der Waals surface area contributed by atoms with Gasteiger partial charge in [-0.15, -0.1) is 0 Å². The van der Waals surface area contributed by atoms with E-state index < -0.39 is 0 Å². The van der Waals surface area contributed by atoms with Crippen molar-refractivity contribution in [1.29, 1.82) is 0 Å². The second-order valence-corrected chi connectivity index (χ2v) is 5.99. The summed E-state index contributed by atoms with van der Waals surface area (Å²) in [4.78, 5) is 2.31. The number of para-hydroxylation sites is 1. The monoisotopic (exact) mass is 234 g/mol. The number of anilines is 1. The molecule has 17 heavy (non-hydrogen) atoms. The molecule has 0 aliphatic heterocycles. The molecule has 1 unspecified atom stereocenters. The maximum absolute atomic E-state index is 6.17. The molecule has 2 nitrogen and oxygen atoms in total. The molecular weight excluding hydrogens is 208 g/mol. The quantitative estimate of drug-likeness (QED) is 0.863. The van der Waals surface area contributed by atoms with Crippen molar-refractivity contribution in [1.82, 2.24) is 0 Å². The Balaban J connectivity index is 2.97. The lowest BCUT2D eigenvalue weighted by atomic mass is 9.95. The predicted octanol–water partition coefficient (Wildman–Crippen LogP) is 3.58. The van der Waals surface area contributed by atoms with E-state index in [0.717, 1.165) is 13.0 Å². The van der Waals surface area contributed by atoms with Crippen LogP contribution in [0.4, 0.5) is 5.69 Å². The first kappa shape index (κ1) is 14.0. The van der Waals surface area contributed by atoms with Crippen LogP contribution in [0.2, 0.25) is 0 Å². The van der Waals surface area contributed by atoms with Gasteiger partial charge >= 0.3 is 0 Å². The fraction of sp³-hybridized carbons (Fsp3) is 0.600. The Morgan fingerprint density at radius 2 is 1.82 bits per heavy atom. The van der Waals surface area contributed by atoms with Crippen LogP contribution in [0, 0.1) is 5.41 Å². The molecule has 2 N–H and O–H groups in total. The summed E-state index contributed by atoms with van der Waals surface area (Å²) in [7, 11) is 2.15. The smallest absolute Gasteiger partial charge is 0.0412 e. The molecular formula is C15H26N2. The summed E-state index contributed by atoms with van der Waals surface area (Å²) >= 11 is 0. The van der Waals surface area contributed by atoms with Crippen LogP contribution in [-0.4, -0.2) is 13.6 Å². The zero-order chi connectivity index (χ0) is 13.1. The van der Waals surface area contributed by atoms with Gasteiger partial charge < -0.3 is 10.6 Å². The standard InChI is InChI=1S/C15H26N2/c1-6-13(16)12-9-7-8-10-14(12)17(5)11-15(2,3)4/h7-10,13H,6,11,16H2,1-5H3. The van der Waals surface area contributed by atoms with Gasteiger partial charge in [-0.25, -0.2) is 0 Å². The van der Waals surface area contributed by atoms with Gasteiger partial charge in [-0.3, -0.25) is 0 Å². The summed E-state index contributed by atoms with van der Waals surface area (Å²) in [6, 6.07) is 8.59. The summed E-state index contributed by atoms with van der Waals surface area (Å²) in [6.07, 6.45) is 0.973. The molecule has 0 amide bonds. The van der Waals surface area contributed by atoms with E-state index in [1.54, 1.807) is 0 Å². The lowest BCUT2D eigenvalue weighted by molar-refractivity contribution is 0.418. The molecule has 0 aliphatic carbocycles. The number of hydrogen-bond acceptors (Lipinski definition) is 2. The summed E-state index contributed by atoms with van der Waals surface area (Å²) in [5, 5.41) is 0. The van der Waals surface area contributed by atoms with Gasteiger partial charge in [0.25, 0.3) is 0 Å². The normalized spacial score (nSPS) is 13.5. The zero-order valence-electron chi connectivity index (χ0n) is 11.8. The van der Waals surface area contributed by atoms with Crippen molar-refractivity contribution in [2.24, 2.45) is 11.1 Å². The summed E-state index contributed by atoms with van der Waals surface area (Å²) in [5.74, 6) is 0. The fourth-order valence-corrected chi connectivity index (χ4v) is 2.17. The largest absolute Gasteiger partial charge is 0.374 e. The lowest BCUT2D eigenvalue weighted by Crippen LogP contribution is -2.30. The molecule has 0 bridgehead atoms. The van der Waals surface area contributed by atoms with Gasteiger partial charge in [0, 0.05) is 25.3 Å². The van der Waals surface area contributed by atoms with E-state index >= 15 is 0 Å². The Labute approximate surface area is 106 Å². The molecule has 2 heteroatoms. The molecule has 1 aromatic carbocycles. The summed E-state index contributed by atoms with van der Waals surface area (Å²) < 4.78 is 0. The summed E-state index contributed by atoms with van der Waals surface area (Å²) in [5.41, 5.74) is 8.97. The van der Waals surface area contributed by atoms with Crippen LogP contribution >= 0.6 is 0 Å². The van der Waals surface area contributed by atoms with Crippen LogP contribution in [0.15, 0.2) is 24.3 Å². The van der Waals surface area contributed by atoms with Crippen molar-refractivity contribution in [3.8, 4) is 0 Å². The van der Waals surface area contributed by atoms with E-state index in [1.165, 1.54) is 11.3 Å². The van der Waals surface area contributed by atoms with Crippen molar-refractivity contribution in [3.05, 3.63) is 29.8 Å². The van der Waals surface area contributed by atoms with E-state index in [9.17, 15) is 0 Å². The Kier molecular flexibility index (Phi) is 4.58. The van der Waals surface area contributed by atoms with Gasteiger partial charge in [-0.1, -0.05) is 45.9 Å². The number of hydrogen-bond donors (Lipinski definition) is 1. The van der Waals surface area contributed by atoms with Crippen molar-refractivity contribution >= 4 is 5.69 Å². The number of benzene rings is 1. The first-order chi connectivity index (χ1) is 7.85. The number of nitrogens with zero attached hydrogens (tertiary/aromatic N) is 1. The van der Waals surface area contributed by atoms with E-state index in [-0.39, 0.29) is 11.5 Å². The third-order valence-corrected chi connectivity index (χ3v) is 2.90. The molecule has 0 radical (unpaired) electrons. The molecule has 0 fully saturated rings. The number of rotatable bonds is 4. The van der Waals surface area contributed by atoms with Gasteiger partial charge in [-0.05, 0) is 23.5 Å². The molecule has 0 spiro atoms. The Hall–Kier alpha value is -1.02. The third kappa shape index (κ3) is 4.04. The highest BCUT2D eigenvalue weighted by atomic mass is 15.1. The van der Waals surface area contributed by atoms with Crippen LogP contribution in [-0.2, 0) is 0 Å². The molecule has 0 heterocycles. The molecule has 0 saturated carbocycles. The Bertz CT molecular complexity index is 352. The molecule has 96 valence electrons. The molecule has 1 aromatic rings. The van der Waals surface area contributed by atoms with Gasteiger partial charge in [0.1, 0.15) is 0 Å². The van der Waals surface area contributed by atoms with Gasteiger partial charge in [0.05, 0.1) is 0 Å². The van der Waals surface area contributed by atoms with Crippen molar-refractivity contribution in [3.63, 3.8) is 0 Å². The van der Waals surface area contributed by atoms with E-state index in [4.69, 9.17) is 5.73 Å². The molecule has 0 aromatic heterocycles. The maximum Gasteiger partial charge on any atom is 0.0412 e. The first-order valence-corrected chi connectivity index (χ1v) is 6.41. The second kappa shape index (κ2) is 5.54. The van der Waals surface area contributed by atoms with Crippen LogP contribution in [0.5, 0.6) is 0 Å². The van der Waals surface area contributed by atoms with Crippen LogP contribution < -0.4 is 10.6 Å². The molecule has 1 rings (SSSR count). The van der Waals surface area contributed by atoms with Crippen molar-refractivity contribution < 1.29 is 0 Å². The van der Waals surface area contributed by atoms with E-state index in [0.29, 0.717) is 0 Å². The fourth-order valence-electron chi connectivity index (χ4n) is 2.17. The predicted molar refractivity (Wildman–Crippen MR) is 76.4 cm³/mol. The lowest BCUT2D eigenvalue weighted by Gasteiger charge is -2.30. The Morgan fingerprint density at radius 1 is 1.24 bits per heavy atom.